The fourth-order valence-corrected chi connectivity index (χ4v) is 3.92. The number of fused-ring (bicyclic) bond motifs is 1. The normalized spacial score (nSPS) is 23.5. The van der Waals surface area contributed by atoms with Gasteiger partial charge in [0.1, 0.15) is 0 Å². The molecule has 1 aliphatic carbocycles. The molecule has 2 aliphatic rings. The highest BCUT2D eigenvalue weighted by Crippen LogP contribution is 2.29. The molecule has 132 valence electrons. The number of amides is 2. The Morgan fingerprint density at radius 3 is 2.92 bits per heavy atom. The van der Waals surface area contributed by atoms with Crippen LogP contribution in [0.4, 0.5) is 16.2 Å². The second kappa shape index (κ2) is 7.43. The van der Waals surface area contributed by atoms with Crippen LogP contribution in [-0.4, -0.2) is 49.3 Å². The van der Waals surface area contributed by atoms with Crippen molar-refractivity contribution >= 4 is 17.4 Å². The number of rotatable bonds is 3. The molecule has 2 N–H and O–H groups in total. The minimum atomic E-state index is -0.270. The van der Waals surface area contributed by atoms with Crippen molar-refractivity contribution in [2.45, 2.75) is 44.6 Å². The maximum absolute atomic E-state index is 12.4. The molecule has 0 saturated heterocycles. The van der Waals surface area contributed by atoms with Gasteiger partial charge in [-0.25, -0.2) is 4.79 Å². The van der Waals surface area contributed by atoms with Gasteiger partial charge in [0.05, 0.1) is 6.10 Å². The van der Waals surface area contributed by atoms with E-state index in [1.54, 1.807) is 4.90 Å². The number of benzene rings is 1. The first-order valence-corrected chi connectivity index (χ1v) is 9.09. The van der Waals surface area contributed by atoms with E-state index in [9.17, 15) is 9.90 Å². The highest BCUT2D eigenvalue weighted by atomic mass is 16.3. The third-order valence-corrected chi connectivity index (χ3v) is 5.41. The molecule has 1 saturated carbocycles. The van der Waals surface area contributed by atoms with Crippen molar-refractivity contribution in [2.75, 3.05) is 37.4 Å². The molecule has 1 aromatic carbocycles. The summed E-state index contributed by atoms with van der Waals surface area (Å²) in [4.78, 5) is 16.4. The zero-order valence-electron chi connectivity index (χ0n) is 14.8. The summed E-state index contributed by atoms with van der Waals surface area (Å²) in [6.07, 6.45) is 6.05. The van der Waals surface area contributed by atoms with Crippen LogP contribution in [0.15, 0.2) is 18.2 Å². The Bertz CT molecular complexity index is 590. The van der Waals surface area contributed by atoms with Gasteiger partial charge in [-0.05, 0) is 49.4 Å². The van der Waals surface area contributed by atoms with Gasteiger partial charge in [-0.2, -0.15) is 0 Å². The zero-order valence-corrected chi connectivity index (χ0v) is 14.8. The Labute approximate surface area is 144 Å². The number of hydrogen-bond donors (Lipinski definition) is 2. The molecule has 2 unspecified atom stereocenters. The van der Waals surface area contributed by atoms with Crippen LogP contribution < -0.4 is 10.2 Å². The van der Waals surface area contributed by atoms with Crippen molar-refractivity contribution in [3.05, 3.63) is 23.8 Å². The molecule has 1 fully saturated rings. The van der Waals surface area contributed by atoms with Gasteiger partial charge in [0.2, 0.25) is 0 Å². The lowest BCUT2D eigenvalue weighted by Crippen LogP contribution is -2.40. The minimum absolute atomic E-state index is 0.100. The Hall–Kier alpha value is -1.75. The van der Waals surface area contributed by atoms with Crippen molar-refractivity contribution in [3.8, 4) is 0 Å². The summed E-state index contributed by atoms with van der Waals surface area (Å²) in [5.41, 5.74) is 3.41. The van der Waals surface area contributed by atoms with E-state index in [4.69, 9.17) is 0 Å². The average Bonchev–Trinajstić information content (AvgIpc) is 2.57. The van der Waals surface area contributed by atoms with Gasteiger partial charge >= 0.3 is 6.03 Å². The number of nitrogens with one attached hydrogen (secondary N) is 1. The Morgan fingerprint density at radius 2 is 2.12 bits per heavy atom. The molecule has 0 aromatic heterocycles. The molecule has 1 heterocycles. The van der Waals surface area contributed by atoms with Crippen LogP contribution in [0.5, 0.6) is 0 Å². The summed E-state index contributed by atoms with van der Waals surface area (Å²) >= 11 is 0. The SMILES string of the molecule is CN(CC1CCCCC1O)C(=O)Nc1ccc2c(c1)CCCN2C. The molecule has 24 heavy (non-hydrogen) atoms. The smallest absolute Gasteiger partial charge is 0.321 e. The van der Waals surface area contributed by atoms with Gasteiger partial charge < -0.3 is 20.2 Å². The molecule has 1 aliphatic heterocycles. The molecule has 2 amide bonds. The third kappa shape index (κ3) is 3.83. The lowest BCUT2D eigenvalue weighted by atomic mass is 9.86. The topological polar surface area (TPSA) is 55.8 Å². The van der Waals surface area contributed by atoms with Crippen LogP contribution in [-0.2, 0) is 6.42 Å². The van der Waals surface area contributed by atoms with Crippen LogP contribution in [0.2, 0.25) is 0 Å². The van der Waals surface area contributed by atoms with Crippen molar-refractivity contribution in [2.24, 2.45) is 5.92 Å². The van der Waals surface area contributed by atoms with Gasteiger partial charge in [-0.15, -0.1) is 0 Å². The Morgan fingerprint density at radius 1 is 1.33 bits per heavy atom. The molecule has 0 radical (unpaired) electrons. The van der Waals surface area contributed by atoms with Crippen molar-refractivity contribution < 1.29 is 9.90 Å². The number of anilines is 2. The number of hydrogen-bond acceptors (Lipinski definition) is 3. The second-order valence-corrected chi connectivity index (χ2v) is 7.29. The quantitative estimate of drug-likeness (QED) is 0.895. The monoisotopic (exact) mass is 331 g/mol. The zero-order chi connectivity index (χ0) is 17.1. The number of nitrogens with zero attached hydrogens (tertiary/aromatic N) is 2. The third-order valence-electron chi connectivity index (χ3n) is 5.41. The number of aliphatic hydroxyl groups is 1. The maximum atomic E-state index is 12.4. The number of aliphatic hydroxyl groups excluding tert-OH is 1. The van der Waals surface area contributed by atoms with E-state index in [0.717, 1.165) is 50.8 Å². The first-order valence-electron chi connectivity index (χ1n) is 9.09. The van der Waals surface area contributed by atoms with Crippen LogP contribution in [0, 0.1) is 5.92 Å². The van der Waals surface area contributed by atoms with Gasteiger partial charge in [0.15, 0.2) is 0 Å². The second-order valence-electron chi connectivity index (χ2n) is 7.29. The Balaban J connectivity index is 1.60. The van der Waals surface area contributed by atoms with E-state index >= 15 is 0 Å². The van der Waals surface area contributed by atoms with Gasteiger partial charge in [0, 0.05) is 44.5 Å². The summed E-state index contributed by atoms with van der Waals surface area (Å²) in [5, 5.41) is 13.1. The van der Waals surface area contributed by atoms with E-state index in [1.807, 2.05) is 13.1 Å². The van der Waals surface area contributed by atoms with Crippen LogP contribution >= 0.6 is 0 Å². The summed E-state index contributed by atoms with van der Waals surface area (Å²) < 4.78 is 0. The molecule has 5 nitrogen and oxygen atoms in total. The molecular formula is C19H29N3O2. The molecule has 0 bridgehead atoms. The number of urea groups is 1. The first kappa shape index (κ1) is 17.1. The van der Waals surface area contributed by atoms with Crippen molar-refractivity contribution in [3.63, 3.8) is 0 Å². The fraction of sp³-hybridized carbons (Fsp3) is 0.632. The molecular weight excluding hydrogens is 302 g/mol. The van der Waals surface area contributed by atoms with E-state index in [-0.39, 0.29) is 18.1 Å². The van der Waals surface area contributed by atoms with Gasteiger partial charge in [0.25, 0.3) is 0 Å². The summed E-state index contributed by atoms with van der Waals surface area (Å²) in [5.74, 6) is 0.201. The van der Waals surface area contributed by atoms with Crippen molar-refractivity contribution in [1.82, 2.24) is 4.90 Å². The standard InChI is InChI=1S/C19H29N3O2/c1-21-11-5-7-14-12-16(9-10-17(14)21)20-19(24)22(2)13-15-6-3-4-8-18(15)23/h9-10,12,15,18,23H,3-8,11,13H2,1-2H3,(H,20,24). The van der Waals surface area contributed by atoms with Crippen LogP contribution in [0.25, 0.3) is 0 Å². The number of carbonyl (C=O) groups is 1. The van der Waals surface area contributed by atoms with E-state index in [2.05, 4.69) is 29.4 Å². The number of aryl methyl sites for hydroxylation is 1. The maximum Gasteiger partial charge on any atom is 0.321 e. The highest BCUT2D eigenvalue weighted by molar-refractivity contribution is 5.89. The lowest BCUT2D eigenvalue weighted by molar-refractivity contribution is 0.0575. The number of carbonyl (C=O) groups excluding carboxylic acids is 1. The van der Waals surface area contributed by atoms with Crippen LogP contribution in [0.1, 0.15) is 37.7 Å². The molecule has 5 heteroatoms. The predicted octanol–water partition coefficient (Wildman–Crippen LogP) is 3.08. The predicted molar refractivity (Wildman–Crippen MR) is 97.6 cm³/mol. The molecule has 2 atom stereocenters. The minimum Gasteiger partial charge on any atom is -0.393 e. The summed E-state index contributed by atoms with van der Waals surface area (Å²) in [6, 6.07) is 6.06. The van der Waals surface area contributed by atoms with Crippen LogP contribution in [0.3, 0.4) is 0 Å². The van der Waals surface area contributed by atoms with Crippen molar-refractivity contribution in [1.29, 1.82) is 0 Å². The van der Waals surface area contributed by atoms with E-state index in [1.165, 1.54) is 11.3 Å². The van der Waals surface area contributed by atoms with E-state index in [0.29, 0.717) is 6.54 Å². The molecule has 3 rings (SSSR count). The first-order chi connectivity index (χ1) is 11.5. The van der Waals surface area contributed by atoms with Gasteiger partial charge in [-0.3, -0.25) is 0 Å². The summed E-state index contributed by atoms with van der Waals surface area (Å²) in [6.45, 7) is 1.70. The largest absolute Gasteiger partial charge is 0.393 e. The molecule has 1 aromatic rings. The van der Waals surface area contributed by atoms with E-state index < -0.39 is 0 Å². The fourth-order valence-electron chi connectivity index (χ4n) is 3.92. The summed E-state index contributed by atoms with van der Waals surface area (Å²) in [7, 11) is 3.92. The molecule has 0 spiro atoms. The Kier molecular flexibility index (Phi) is 5.29. The average molecular weight is 331 g/mol. The highest BCUT2D eigenvalue weighted by Gasteiger charge is 2.25. The van der Waals surface area contributed by atoms with Gasteiger partial charge in [-0.1, -0.05) is 12.8 Å². The lowest BCUT2D eigenvalue weighted by Gasteiger charge is -2.31.